The maximum Gasteiger partial charge on any atom is 0.241 e. The molecule has 3 aromatic carbocycles. The van der Waals surface area contributed by atoms with Crippen LogP contribution in [0.5, 0.6) is 0 Å². The van der Waals surface area contributed by atoms with Gasteiger partial charge in [-0.3, -0.25) is 24.4 Å². The van der Waals surface area contributed by atoms with Crippen molar-refractivity contribution in [3.63, 3.8) is 0 Å². The molecule has 1 aliphatic carbocycles. The minimum atomic E-state index is -2.21. The summed E-state index contributed by atoms with van der Waals surface area (Å²) < 4.78 is 6.18. The summed E-state index contributed by atoms with van der Waals surface area (Å²) >= 11 is 0. The molecule has 35 heavy (non-hydrogen) atoms. The van der Waals surface area contributed by atoms with Gasteiger partial charge in [0.1, 0.15) is 0 Å². The number of para-hydroxylation sites is 2. The average Bonchev–Trinajstić information content (AvgIpc) is 3.44. The van der Waals surface area contributed by atoms with Crippen molar-refractivity contribution in [1.29, 1.82) is 0 Å². The summed E-state index contributed by atoms with van der Waals surface area (Å²) in [6.45, 7) is 0. The van der Waals surface area contributed by atoms with Crippen LogP contribution in [0.4, 0.5) is 11.4 Å². The third kappa shape index (κ3) is 2.68. The molecule has 9 nitrogen and oxygen atoms in total. The van der Waals surface area contributed by atoms with Gasteiger partial charge in [-0.1, -0.05) is 66.7 Å². The quantitative estimate of drug-likeness (QED) is 0.352. The lowest BCUT2D eigenvalue weighted by Crippen LogP contribution is -2.51. The van der Waals surface area contributed by atoms with Crippen LogP contribution < -0.4 is 10.1 Å². The Kier molecular flexibility index (Phi) is 4.52. The normalized spacial score (nSPS) is 24.3. The lowest BCUT2D eigenvalue weighted by Gasteiger charge is -2.30. The highest BCUT2D eigenvalue weighted by molar-refractivity contribution is 6.37. The first-order valence-electron chi connectivity index (χ1n) is 10.9. The van der Waals surface area contributed by atoms with Gasteiger partial charge in [0.2, 0.25) is 29.0 Å². The van der Waals surface area contributed by atoms with Crippen molar-refractivity contribution in [2.24, 2.45) is 11.8 Å². The van der Waals surface area contributed by atoms with Crippen molar-refractivity contribution >= 4 is 34.8 Å². The van der Waals surface area contributed by atoms with Crippen molar-refractivity contribution in [1.82, 2.24) is 0 Å². The third-order valence-corrected chi connectivity index (χ3v) is 6.98. The van der Waals surface area contributed by atoms with E-state index in [0.717, 1.165) is 4.90 Å². The van der Waals surface area contributed by atoms with E-state index in [-0.39, 0.29) is 22.5 Å². The maximum atomic E-state index is 13.9. The van der Waals surface area contributed by atoms with Gasteiger partial charge in [0, 0.05) is 11.1 Å². The monoisotopic (exact) mass is 469 g/mol. The molecule has 6 rings (SSSR count). The van der Waals surface area contributed by atoms with E-state index in [0.29, 0.717) is 5.56 Å². The summed E-state index contributed by atoms with van der Waals surface area (Å²) in [5.74, 6) is -5.55. The van der Waals surface area contributed by atoms with Crippen LogP contribution in [0.1, 0.15) is 32.4 Å². The molecule has 3 aromatic rings. The van der Waals surface area contributed by atoms with Crippen molar-refractivity contribution in [2.45, 2.75) is 11.7 Å². The number of amides is 2. The lowest BCUT2D eigenvalue weighted by molar-refractivity contribution is -0.127. The van der Waals surface area contributed by atoms with Gasteiger partial charge >= 0.3 is 0 Å². The molecule has 3 aliphatic rings. The number of rotatable bonds is 3. The van der Waals surface area contributed by atoms with Gasteiger partial charge < -0.3 is 15.2 Å². The number of anilines is 2. The molecule has 2 fully saturated rings. The lowest BCUT2D eigenvalue weighted by atomic mass is 9.77. The molecule has 2 saturated heterocycles. The summed E-state index contributed by atoms with van der Waals surface area (Å²) in [6.07, 6.45) is -1.06. The zero-order chi connectivity index (χ0) is 24.5. The number of fused-ring (bicyclic) bond motifs is 3. The number of ether oxygens (including phenoxy) is 1. The van der Waals surface area contributed by atoms with Crippen LogP contribution in [0.15, 0.2) is 78.9 Å². The smallest absolute Gasteiger partial charge is 0.241 e. The topological polar surface area (TPSA) is 127 Å². The van der Waals surface area contributed by atoms with Gasteiger partial charge in [0.25, 0.3) is 0 Å². The van der Waals surface area contributed by atoms with Crippen LogP contribution in [0, 0.1) is 17.0 Å². The first-order valence-corrected chi connectivity index (χ1v) is 10.9. The summed E-state index contributed by atoms with van der Waals surface area (Å²) in [5.41, 5.74) is -1.89. The SMILES string of the molecule is O=C1[C@@H]2[C@@H](C(=O)N1c1ccccc1N([O-])O)C1(O[C@H]2c2ccccc2)C(=O)c2ccccc2C1=O. The van der Waals surface area contributed by atoms with Gasteiger partial charge in [-0.15, -0.1) is 0 Å². The Morgan fingerprint density at radius 3 is 2.00 bits per heavy atom. The molecule has 174 valence electrons. The van der Waals surface area contributed by atoms with E-state index in [1.807, 2.05) is 0 Å². The van der Waals surface area contributed by atoms with Gasteiger partial charge in [-0.25, -0.2) is 4.90 Å². The van der Waals surface area contributed by atoms with Crippen LogP contribution in [0.25, 0.3) is 0 Å². The number of benzene rings is 3. The largest absolute Gasteiger partial charge is 0.733 e. The van der Waals surface area contributed by atoms with Gasteiger partial charge in [0.15, 0.2) is 0 Å². The second-order valence-corrected chi connectivity index (χ2v) is 8.67. The molecular formula is C26H17N2O7-. The zero-order valence-corrected chi connectivity index (χ0v) is 18.0. The summed E-state index contributed by atoms with van der Waals surface area (Å²) in [4.78, 5) is 55.8. The Morgan fingerprint density at radius 1 is 0.800 bits per heavy atom. The number of imide groups is 1. The summed E-state index contributed by atoms with van der Waals surface area (Å²) in [7, 11) is 0. The molecule has 2 heterocycles. The van der Waals surface area contributed by atoms with E-state index in [4.69, 9.17) is 4.74 Å². The molecule has 0 unspecified atom stereocenters. The van der Waals surface area contributed by atoms with Crippen molar-refractivity contribution in [3.8, 4) is 0 Å². The minimum Gasteiger partial charge on any atom is -0.733 e. The van der Waals surface area contributed by atoms with E-state index in [1.165, 1.54) is 36.4 Å². The molecule has 1 N–H and O–H groups in total. The van der Waals surface area contributed by atoms with Crippen molar-refractivity contribution < 1.29 is 29.1 Å². The Balaban J connectivity index is 1.56. The first kappa shape index (κ1) is 21.4. The standard InChI is InChI=1S/C26H17N2O7/c29-22-15-10-4-5-11-16(15)23(30)26(22)20-19(21(35-26)14-8-2-1-3-9-14)24(31)27(25(20)32)17-12-6-7-13-18(17)28(33)34/h1-13,19-21,33H/q-1/t19-,20+,21+/m1/s1. The Labute approximate surface area is 198 Å². The molecule has 9 heteroatoms. The molecule has 0 aromatic heterocycles. The molecule has 1 spiro atoms. The number of ketones is 2. The Morgan fingerprint density at radius 2 is 1.37 bits per heavy atom. The molecule has 2 amide bonds. The molecular weight excluding hydrogens is 452 g/mol. The maximum absolute atomic E-state index is 13.9. The van der Waals surface area contributed by atoms with E-state index >= 15 is 0 Å². The molecule has 2 aliphatic heterocycles. The average molecular weight is 469 g/mol. The van der Waals surface area contributed by atoms with Gasteiger partial charge in [-0.2, -0.15) is 0 Å². The number of nitrogens with zero attached hydrogens (tertiary/aromatic N) is 2. The fraction of sp³-hybridized carbons (Fsp3) is 0.154. The Hall–Kier alpha value is -4.18. The van der Waals surface area contributed by atoms with E-state index in [9.17, 15) is 29.6 Å². The summed E-state index contributed by atoms with van der Waals surface area (Å²) in [6, 6.07) is 20.4. The van der Waals surface area contributed by atoms with Crippen LogP contribution in [-0.4, -0.2) is 34.2 Å². The van der Waals surface area contributed by atoms with Crippen LogP contribution in [0.2, 0.25) is 0 Å². The van der Waals surface area contributed by atoms with E-state index in [2.05, 4.69) is 0 Å². The zero-order valence-electron chi connectivity index (χ0n) is 18.0. The van der Waals surface area contributed by atoms with Gasteiger partial charge in [-0.05, 0) is 17.7 Å². The van der Waals surface area contributed by atoms with Crippen LogP contribution in [-0.2, 0) is 14.3 Å². The summed E-state index contributed by atoms with van der Waals surface area (Å²) in [5, 5.41) is 20.9. The minimum absolute atomic E-state index is 0.130. The highest BCUT2D eigenvalue weighted by Crippen LogP contribution is 2.58. The molecule has 0 bridgehead atoms. The van der Waals surface area contributed by atoms with E-state index in [1.54, 1.807) is 42.5 Å². The number of Topliss-reactive ketones (excluding diaryl/α,β-unsaturated/α-hetero) is 2. The van der Waals surface area contributed by atoms with Crippen LogP contribution in [0.3, 0.4) is 0 Å². The third-order valence-electron chi connectivity index (χ3n) is 6.98. The fourth-order valence-corrected chi connectivity index (χ4v) is 5.51. The predicted molar refractivity (Wildman–Crippen MR) is 122 cm³/mol. The van der Waals surface area contributed by atoms with Gasteiger partial charge in [0.05, 0.1) is 29.3 Å². The highest BCUT2D eigenvalue weighted by Gasteiger charge is 2.74. The van der Waals surface area contributed by atoms with Crippen molar-refractivity contribution in [3.05, 3.63) is 101 Å². The number of carbonyl (C=O) groups excluding carboxylic acids is 4. The second-order valence-electron chi connectivity index (χ2n) is 8.67. The van der Waals surface area contributed by atoms with Crippen LogP contribution >= 0.6 is 0 Å². The number of carbonyl (C=O) groups is 4. The van der Waals surface area contributed by atoms with E-state index < -0.39 is 52.1 Å². The highest BCUT2D eigenvalue weighted by atomic mass is 16.8. The Bertz CT molecular complexity index is 1380. The fourth-order valence-electron chi connectivity index (χ4n) is 5.51. The number of hydrogen-bond donors (Lipinski definition) is 1. The molecule has 3 atom stereocenters. The number of hydrogen-bond acceptors (Lipinski definition) is 8. The molecule has 0 radical (unpaired) electrons. The second kappa shape index (κ2) is 7.41. The van der Waals surface area contributed by atoms with Crippen molar-refractivity contribution in [2.75, 3.05) is 10.1 Å². The molecule has 0 saturated carbocycles. The predicted octanol–water partition coefficient (Wildman–Crippen LogP) is 3.08. The first-order chi connectivity index (χ1) is 16.9.